The molecule has 1 amide bonds. The molecule has 0 aliphatic carbocycles. The molecule has 0 aliphatic heterocycles. The van der Waals surface area contributed by atoms with Gasteiger partial charge in [0, 0.05) is 22.6 Å². The second-order valence-corrected chi connectivity index (χ2v) is 6.50. The van der Waals surface area contributed by atoms with Crippen molar-refractivity contribution in [1.29, 1.82) is 0 Å². The molecule has 21 heavy (non-hydrogen) atoms. The van der Waals surface area contributed by atoms with Gasteiger partial charge >= 0.3 is 0 Å². The third-order valence-corrected chi connectivity index (χ3v) is 4.35. The summed E-state index contributed by atoms with van der Waals surface area (Å²) in [7, 11) is 0. The molecule has 0 bridgehead atoms. The summed E-state index contributed by atoms with van der Waals surface area (Å²) in [4.78, 5) is 18.8. The Morgan fingerprint density at radius 3 is 2.76 bits per heavy atom. The Morgan fingerprint density at radius 2 is 2.05 bits per heavy atom. The van der Waals surface area contributed by atoms with Crippen molar-refractivity contribution < 1.29 is 4.79 Å². The molecule has 0 unspecified atom stereocenters. The van der Waals surface area contributed by atoms with Crippen LogP contribution in [0.1, 0.15) is 26.6 Å². The molecule has 0 fully saturated rings. The second-order valence-electron chi connectivity index (χ2n) is 4.85. The molecule has 2 aromatic heterocycles. The normalized spacial score (nSPS) is 11.0. The standard InChI is InChI=1S/C15H14ClN3OS/c1-9-8-19-13(10(2)18-15(19)21-9)14(20)17-7-11-3-5-12(16)6-4-11/h3-6,8H,7H2,1-2H3,(H,17,20). The lowest BCUT2D eigenvalue weighted by molar-refractivity contribution is 0.0944. The number of aromatic nitrogens is 2. The molecule has 0 saturated heterocycles. The minimum atomic E-state index is -0.118. The van der Waals surface area contributed by atoms with E-state index in [9.17, 15) is 4.79 Å². The van der Waals surface area contributed by atoms with Gasteiger partial charge in [0.15, 0.2) is 4.96 Å². The molecule has 1 aromatic carbocycles. The van der Waals surface area contributed by atoms with Gasteiger partial charge in [-0.3, -0.25) is 9.20 Å². The number of carbonyl (C=O) groups is 1. The number of halogens is 1. The number of rotatable bonds is 3. The molecule has 3 aromatic rings. The first-order valence-electron chi connectivity index (χ1n) is 6.52. The van der Waals surface area contributed by atoms with Crippen molar-refractivity contribution in [3.63, 3.8) is 0 Å². The topological polar surface area (TPSA) is 46.4 Å². The van der Waals surface area contributed by atoms with Gasteiger partial charge in [-0.1, -0.05) is 23.7 Å². The molecule has 0 radical (unpaired) electrons. The van der Waals surface area contributed by atoms with Crippen LogP contribution in [-0.4, -0.2) is 15.3 Å². The summed E-state index contributed by atoms with van der Waals surface area (Å²) in [5, 5.41) is 3.61. The van der Waals surface area contributed by atoms with Crippen LogP contribution in [0, 0.1) is 13.8 Å². The summed E-state index contributed by atoms with van der Waals surface area (Å²) >= 11 is 7.42. The summed E-state index contributed by atoms with van der Waals surface area (Å²) in [6.07, 6.45) is 1.94. The fourth-order valence-corrected chi connectivity index (χ4v) is 3.20. The predicted octanol–water partition coefficient (Wildman–Crippen LogP) is 3.60. The number of aryl methyl sites for hydroxylation is 2. The van der Waals surface area contributed by atoms with E-state index >= 15 is 0 Å². The van der Waals surface area contributed by atoms with Crippen LogP contribution in [0.25, 0.3) is 4.96 Å². The van der Waals surface area contributed by atoms with Gasteiger partial charge in [0.25, 0.3) is 5.91 Å². The van der Waals surface area contributed by atoms with Gasteiger partial charge in [0.1, 0.15) is 5.69 Å². The Labute approximate surface area is 131 Å². The van der Waals surface area contributed by atoms with Crippen molar-refractivity contribution in [1.82, 2.24) is 14.7 Å². The van der Waals surface area contributed by atoms with Gasteiger partial charge in [-0.25, -0.2) is 4.98 Å². The average Bonchev–Trinajstić information content (AvgIpc) is 2.92. The average molecular weight is 320 g/mol. The van der Waals surface area contributed by atoms with Crippen LogP contribution in [-0.2, 0) is 6.54 Å². The largest absolute Gasteiger partial charge is 0.347 e. The number of benzene rings is 1. The molecular formula is C15H14ClN3OS. The van der Waals surface area contributed by atoms with E-state index in [2.05, 4.69) is 10.3 Å². The molecule has 4 nitrogen and oxygen atoms in total. The monoisotopic (exact) mass is 319 g/mol. The molecular weight excluding hydrogens is 306 g/mol. The van der Waals surface area contributed by atoms with Crippen molar-refractivity contribution in [3.8, 4) is 0 Å². The second kappa shape index (κ2) is 5.50. The maximum absolute atomic E-state index is 12.4. The number of amides is 1. The minimum absolute atomic E-state index is 0.118. The van der Waals surface area contributed by atoms with E-state index in [0.29, 0.717) is 17.3 Å². The lowest BCUT2D eigenvalue weighted by Gasteiger charge is -2.05. The van der Waals surface area contributed by atoms with E-state index in [4.69, 9.17) is 11.6 Å². The van der Waals surface area contributed by atoms with Crippen LogP contribution in [0.5, 0.6) is 0 Å². The first-order chi connectivity index (χ1) is 10.0. The van der Waals surface area contributed by atoms with Gasteiger partial charge in [-0.2, -0.15) is 0 Å². The minimum Gasteiger partial charge on any atom is -0.347 e. The molecule has 3 rings (SSSR count). The van der Waals surface area contributed by atoms with Crippen LogP contribution in [0.4, 0.5) is 0 Å². The van der Waals surface area contributed by atoms with Crippen molar-refractivity contribution >= 4 is 33.8 Å². The number of fused-ring (bicyclic) bond motifs is 1. The van der Waals surface area contributed by atoms with Gasteiger partial charge in [0.05, 0.1) is 5.69 Å². The van der Waals surface area contributed by atoms with Crippen LogP contribution in [0.3, 0.4) is 0 Å². The third kappa shape index (κ3) is 2.80. The number of hydrogen-bond acceptors (Lipinski definition) is 3. The Bertz CT molecular complexity index is 804. The lowest BCUT2D eigenvalue weighted by Crippen LogP contribution is -2.24. The number of carbonyl (C=O) groups excluding carboxylic acids is 1. The highest BCUT2D eigenvalue weighted by Crippen LogP contribution is 2.20. The van der Waals surface area contributed by atoms with Crippen LogP contribution in [0.15, 0.2) is 30.5 Å². The highest BCUT2D eigenvalue weighted by Gasteiger charge is 2.17. The number of nitrogens with one attached hydrogen (secondary N) is 1. The molecule has 6 heteroatoms. The summed E-state index contributed by atoms with van der Waals surface area (Å²) in [6, 6.07) is 7.42. The first kappa shape index (κ1) is 14.1. The van der Waals surface area contributed by atoms with Crippen LogP contribution in [0.2, 0.25) is 5.02 Å². The van der Waals surface area contributed by atoms with Gasteiger partial charge in [-0.05, 0) is 31.5 Å². The van der Waals surface area contributed by atoms with Crippen molar-refractivity contribution in [2.75, 3.05) is 0 Å². The highest BCUT2D eigenvalue weighted by atomic mass is 35.5. The Kier molecular flexibility index (Phi) is 3.69. The number of thiazole rings is 1. The maximum atomic E-state index is 12.4. The summed E-state index contributed by atoms with van der Waals surface area (Å²) in [5.74, 6) is -0.118. The molecule has 108 valence electrons. The van der Waals surface area contributed by atoms with Crippen molar-refractivity contribution in [3.05, 3.63) is 57.3 Å². The van der Waals surface area contributed by atoms with Gasteiger partial charge < -0.3 is 5.32 Å². The van der Waals surface area contributed by atoms with E-state index in [1.807, 2.05) is 48.7 Å². The Hall–Kier alpha value is -1.85. The van der Waals surface area contributed by atoms with Gasteiger partial charge in [-0.15, -0.1) is 11.3 Å². The SMILES string of the molecule is Cc1cn2c(C(=O)NCc3ccc(Cl)cc3)c(C)nc2s1. The van der Waals surface area contributed by atoms with E-state index in [1.54, 1.807) is 11.3 Å². The van der Waals surface area contributed by atoms with Crippen molar-refractivity contribution in [2.24, 2.45) is 0 Å². The maximum Gasteiger partial charge on any atom is 0.270 e. The highest BCUT2D eigenvalue weighted by molar-refractivity contribution is 7.17. The smallest absolute Gasteiger partial charge is 0.270 e. The molecule has 0 saturated carbocycles. The zero-order valence-electron chi connectivity index (χ0n) is 11.7. The molecule has 0 atom stereocenters. The fourth-order valence-electron chi connectivity index (χ4n) is 2.21. The van der Waals surface area contributed by atoms with Gasteiger partial charge in [0.2, 0.25) is 0 Å². The molecule has 0 spiro atoms. The molecule has 2 heterocycles. The Morgan fingerprint density at radius 1 is 1.33 bits per heavy atom. The quantitative estimate of drug-likeness (QED) is 0.802. The predicted molar refractivity (Wildman–Crippen MR) is 85.2 cm³/mol. The fraction of sp³-hybridized carbons (Fsp3) is 0.200. The lowest BCUT2D eigenvalue weighted by atomic mass is 10.2. The van der Waals surface area contributed by atoms with E-state index in [0.717, 1.165) is 21.1 Å². The molecule has 1 N–H and O–H groups in total. The number of hydrogen-bond donors (Lipinski definition) is 1. The zero-order chi connectivity index (χ0) is 15.0. The third-order valence-electron chi connectivity index (χ3n) is 3.20. The number of imidazole rings is 1. The van der Waals surface area contributed by atoms with E-state index in [1.165, 1.54) is 0 Å². The van der Waals surface area contributed by atoms with Crippen molar-refractivity contribution in [2.45, 2.75) is 20.4 Å². The molecule has 0 aliphatic rings. The zero-order valence-corrected chi connectivity index (χ0v) is 13.3. The van der Waals surface area contributed by atoms with E-state index < -0.39 is 0 Å². The summed E-state index contributed by atoms with van der Waals surface area (Å²) in [5.41, 5.74) is 2.35. The summed E-state index contributed by atoms with van der Waals surface area (Å²) in [6.45, 7) is 4.32. The van der Waals surface area contributed by atoms with E-state index in [-0.39, 0.29) is 5.91 Å². The summed E-state index contributed by atoms with van der Waals surface area (Å²) < 4.78 is 1.85. The first-order valence-corrected chi connectivity index (χ1v) is 7.72. The Balaban J connectivity index is 1.80. The number of nitrogens with zero attached hydrogens (tertiary/aromatic N) is 2. The van der Waals surface area contributed by atoms with Crippen LogP contribution < -0.4 is 5.32 Å². The van der Waals surface area contributed by atoms with Crippen LogP contribution >= 0.6 is 22.9 Å².